The van der Waals surface area contributed by atoms with E-state index >= 15 is 0 Å². The van der Waals surface area contributed by atoms with E-state index in [2.05, 4.69) is 6.92 Å². The molecule has 22 heavy (non-hydrogen) atoms. The Hall–Kier alpha value is -0.0231. The molecule has 0 aromatic heterocycles. The van der Waals surface area contributed by atoms with Gasteiger partial charge in [-0.15, -0.1) is 0 Å². The quantitative estimate of drug-likeness (QED) is 0.315. The first-order valence-corrected chi connectivity index (χ1v) is 10.4. The maximum Gasteiger partial charge on any atom is 0.500 e. The lowest BCUT2D eigenvalue weighted by molar-refractivity contribution is 0.0710. The SMILES string of the molecule is CCCOCC1CO1.CCO[Si](CCCN)(OCC)OCC. The van der Waals surface area contributed by atoms with Gasteiger partial charge in [0.2, 0.25) is 0 Å². The third-order valence-electron chi connectivity index (χ3n) is 2.83. The van der Waals surface area contributed by atoms with Gasteiger partial charge in [0, 0.05) is 32.5 Å². The van der Waals surface area contributed by atoms with Crippen LogP contribution < -0.4 is 5.73 Å². The van der Waals surface area contributed by atoms with Gasteiger partial charge >= 0.3 is 8.80 Å². The highest BCUT2D eigenvalue weighted by molar-refractivity contribution is 6.60. The maximum atomic E-state index is 5.65. The van der Waals surface area contributed by atoms with Crippen molar-refractivity contribution in [3.8, 4) is 0 Å². The van der Waals surface area contributed by atoms with Crippen molar-refractivity contribution in [2.75, 3.05) is 46.2 Å². The van der Waals surface area contributed by atoms with Gasteiger partial charge in [-0.2, -0.15) is 0 Å². The van der Waals surface area contributed by atoms with Crippen molar-refractivity contribution in [3.05, 3.63) is 0 Å². The fraction of sp³-hybridized carbons (Fsp3) is 1.00. The molecule has 7 heteroatoms. The summed E-state index contributed by atoms with van der Waals surface area (Å²) in [4.78, 5) is 0. The largest absolute Gasteiger partial charge is 0.500 e. The Kier molecular flexibility index (Phi) is 14.5. The van der Waals surface area contributed by atoms with E-state index in [-0.39, 0.29) is 0 Å². The van der Waals surface area contributed by atoms with E-state index in [9.17, 15) is 0 Å². The number of ether oxygens (including phenoxy) is 2. The third-order valence-corrected chi connectivity index (χ3v) is 5.99. The molecule has 0 spiro atoms. The van der Waals surface area contributed by atoms with Crippen molar-refractivity contribution in [1.29, 1.82) is 0 Å². The van der Waals surface area contributed by atoms with Crippen molar-refractivity contribution in [2.24, 2.45) is 5.73 Å². The molecule has 0 bridgehead atoms. The third kappa shape index (κ3) is 11.5. The van der Waals surface area contributed by atoms with Crippen molar-refractivity contribution in [2.45, 2.75) is 52.7 Å². The lowest BCUT2D eigenvalue weighted by Gasteiger charge is -2.28. The highest BCUT2D eigenvalue weighted by atomic mass is 28.4. The first-order valence-electron chi connectivity index (χ1n) is 8.49. The monoisotopic (exact) mass is 337 g/mol. The molecule has 1 aliphatic rings. The Morgan fingerprint density at radius 3 is 1.95 bits per heavy atom. The summed E-state index contributed by atoms with van der Waals surface area (Å²) in [6.07, 6.45) is 2.43. The van der Waals surface area contributed by atoms with Crippen LogP contribution in [0.5, 0.6) is 0 Å². The first kappa shape index (κ1) is 22.0. The van der Waals surface area contributed by atoms with Gasteiger partial charge in [0.05, 0.1) is 13.2 Å². The summed E-state index contributed by atoms with van der Waals surface area (Å²) in [5.41, 5.74) is 5.48. The molecular formula is C15H35NO5Si. The Balaban J connectivity index is 0.000000461. The molecule has 1 aliphatic heterocycles. The van der Waals surface area contributed by atoms with Gasteiger partial charge in [-0.05, 0) is 40.2 Å². The van der Waals surface area contributed by atoms with Gasteiger partial charge in [-0.3, -0.25) is 0 Å². The summed E-state index contributed by atoms with van der Waals surface area (Å²) < 4.78 is 27.1. The van der Waals surface area contributed by atoms with E-state index in [1.165, 1.54) is 0 Å². The van der Waals surface area contributed by atoms with Crippen LogP contribution in [0.15, 0.2) is 0 Å². The zero-order chi connectivity index (χ0) is 16.7. The summed E-state index contributed by atoms with van der Waals surface area (Å²) in [7, 11) is -2.40. The lowest BCUT2D eigenvalue weighted by atomic mass is 10.5. The summed E-state index contributed by atoms with van der Waals surface area (Å²) in [5.74, 6) is 0. The molecule has 134 valence electrons. The molecule has 0 amide bonds. The summed E-state index contributed by atoms with van der Waals surface area (Å²) in [5, 5.41) is 0. The molecule has 0 aliphatic carbocycles. The standard InChI is InChI=1S/C9H23NO3Si.C6H12O2/c1-4-11-14(12-5-2,13-6-3)9-7-8-10;1-2-3-7-4-6-5-8-6/h4-10H2,1-3H3;6H,2-5H2,1H3. The Bertz CT molecular complexity index is 225. The van der Waals surface area contributed by atoms with Crippen LogP contribution in [-0.4, -0.2) is 61.1 Å². The minimum absolute atomic E-state index is 0.432. The molecule has 2 N–H and O–H groups in total. The molecule has 0 aromatic rings. The van der Waals surface area contributed by atoms with Crippen LogP contribution in [0, 0.1) is 0 Å². The van der Waals surface area contributed by atoms with Crippen LogP contribution in [0.2, 0.25) is 6.04 Å². The fourth-order valence-corrected chi connectivity index (χ4v) is 4.48. The van der Waals surface area contributed by atoms with E-state index in [0.29, 0.717) is 32.5 Å². The fourth-order valence-electron chi connectivity index (χ4n) is 1.84. The van der Waals surface area contributed by atoms with Crippen molar-refractivity contribution in [3.63, 3.8) is 0 Å². The second-order valence-corrected chi connectivity index (χ2v) is 7.64. The normalized spacial score (nSPS) is 17.0. The molecule has 1 saturated heterocycles. The molecule has 6 nitrogen and oxygen atoms in total. The average molecular weight is 338 g/mol. The van der Waals surface area contributed by atoms with Crippen LogP contribution in [0.25, 0.3) is 0 Å². The number of hydrogen-bond donors (Lipinski definition) is 1. The molecule has 1 unspecified atom stereocenters. The average Bonchev–Trinajstić information content (AvgIpc) is 3.31. The number of hydrogen-bond acceptors (Lipinski definition) is 6. The van der Waals surface area contributed by atoms with E-state index in [1.54, 1.807) is 0 Å². The van der Waals surface area contributed by atoms with E-state index < -0.39 is 8.80 Å². The smallest absolute Gasteiger partial charge is 0.379 e. The Labute approximate surface area is 137 Å². The number of rotatable bonds is 13. The summed E-state index contributed by atoms with van der Waals surface area (Å²) in [6, 6.07) is 0.818. The maximum absolute atomic E-state index is 5.65. The van der Waals surface area contributed by atoms with Gasteiger partial charge in [-0.1, -0.05) is 6.92 Å². The van der Waals surface area contributed by atoms with Gasteiger partial charge < -0.3 is 28.5 Å². The predicted molar refractivity (Wildman–Crippen MR) is 90.0 cm³/mol. The Morgan fingerprint density at radius 1 is 1.05 bits per heavy atom. The minimum Gasteiger partial charge on any atom is -0.379 e. The van der Waals surface area contributed by atoms with Crippen molar-refractivity contribution >= 4 is 8.80 Å². The van der Waals surface area contributed by atoms with Crippen molar-refractivity contribution in [1.82, 2.24) is 0 Å². The van der Waals surface area contributed by atoms with Gasteiger partial charge in [-0.25, -0.2) is 0 Å². The second-order valence-electron chi connectivity index (χ2n) is 4.90. The molecule has 0 radical (unpaired) electrons. The van der Waals surface area contributed by atoms with E-state index in [0.717, 1.165) is 38.7 Å². The van der Waals surface area contributed by atoms with Gasteiger partial charge in [0.1, 0.15) is 6.10 Å². The zero-order valence-corrected chi connectivity index (χ0v) is 15.8. The van der Waals surface area contributed by atoms with Gasteiger partial charge in [0.15, 0.2) is 0 Å². The molecule has 1 heterocycles. The van der Waals surface area contributed by atoms with Gasteiger partial charge in [0.25, 0.3) is 0 Å². The topological polar surface area (TPSA) is 75.5 Å². The molecule has 0 aromatic carbocycles. The molecular weight excluding hydrogens is 302 g/mol. The summed E-state index contributed by atoms with van der Waals surface area (Å²) in [6.45, 7) is 13.1. The van der Waals surface area contributed by atoms with Crippen LogP contribution in [0.4, 0.5) is 0 Å². The van der Waals surface area contributed by atoms with Crippen LogP contribution in [0.3, 0.4) is 0 Å². The molecule has 1 rings (SSSR count). The van der Waals surface area contributed by atoms with Crippen LogP contribution in [-0.2, 0) is 22.8 Å². The lowest BCUT2D eigenvalue weighted by Crippen LogP contribution is -2.46. The summed E-state index contributed by atoms with van der Waals surface area (Å²) >= 11 is 0. The second kappa shape index (κ2) is 14.6. The minimum atomic E-state index is -2.40. The predicted octanol–water partition coefficient (Wildman–Crippen LogP) is 2.20. The number of epoxide rings is 1. The zero-order valence-electron chi connectivity index (χ0n) is 14.8. The molecule has 1 fully saturated rings. The highest BCUT2D eigenvalue weighted by Crippen LogP contribution is 2.17. The highest BCUT2D eigenvalue weighted by Gasteiger charge is 2.39. The molecule has 0 saturated carbocycles. The van der Waals surface area contributed by atoms with E-state index in [1.807, 2.05) is 20.8 Å². The molecule has 1 atom stereocenters. The van der Waals surface area contributed by atoms with E-state index in [4.69, 9.17) is 28.5 Å². The first-order chi connectivity index (χ1) is 10.7. The van der Waals surface area contributed by atoms with Crippen molar-refractivity contribution < 1.29 is 22.8 Å². The van der Waals surface area contributed by atoms with Crippen LogP contribution in [0.1, 0.15) is 40.5 Å². The Morgan fingerprint density at radius 2 is 1.59 bits per heavy atom. The number of nitrogens with two attached hydrogens (primary N) is 1. The van der Waals surface area contributed by atoms with Crippen LogP contribution >= 0.6 is 0 Å².